The SMILES string of the molecule is COc1ccc(CN2CCc3nnc(C(NC(=O)C4CCOC4)C(C)C)n3CC2)cc1OC. The first-order chi connectivity index (χ1) is 16.0. The second-order valence-corrected chi connectivity index (χ2v) is 9.13. The van der Waals surface area contributed by atoms with Crippen LogP contribution in [0.3, 0.4) is 0 Å². The molecule has 4 rings (SSSR count). The molecule has 1 amide bonds. The second kappa shape index (κ2) is 10.5. The van der Waals surface area contributed by atoms with E-state index in [1.54, 1.807) is 14.2 Å². The van der Waals surface area contributed by atoms with Crippen LogP contribution in [0.4, 0.5) is 0 Å². The molecule has 2 aliphatic rings. The van der Waals surface area contributed by atoms with Crippen molar-refractivity contribution < 1.29 is 19.0 Å². The summed E-state index contributed by atoms with van der Waals surface area (Å²) in [4.78, 5) is 15.2. The van der Waals surface area contributed by atoms with Gasteiger partial charge >= 0.3 is 0 Å². The lowest BCUT2D eigenvalue weighted by molar-refractivity contribution is -0.126. The topological polar surface area (TPSA) is 90.7 Å². The molecule has 9 heteroatoms. The Labute approximate surface area is 195 Å². The third-order valence-corrected chi connectivity index (χ3v) is 6.54. The van der Waals surface area contributed by atoms with Crippen molar-refractivity contribution in [3.63, 3.8) is 0 Å². The third-order valence-electron chi connectivity index (χ3n) is 6.54. The number of amides is 1. The molecule has 1 saturated heterocycles. The summed E-state index contributed by atoms with van der Waals surface area (Å²) < 4.78 is 18.4. The Bertz CT molecular complexity index is 954. The zero-order chi connectivity index (χ0) is 23.4. The maximum atomic E-state index is 12.8. The Kier molecular flexibility index (Phi) is 7.49. The van der Waals surface area contributed by atoms with Gasteiger partial charge in [-0.2, -0.15) is 0 Å². The maximum Gasteiger partial charge on any atom is 0.226 e. The number of nitrogens with zero attached hydrogens (tertiary/aromatic N) is 4. The average molecular weight is 458 g/mol. The minimum atomic E-state index is -0.170. The van der Waals surface area contributed by atoms with Crippen LogP contribution in [-0.4, -0.2) is 66.1 Å². The van der Waals surface area contributed by atoms with Crippen LogP contribution in [0, 0.1) is 11.8 Å². The molecular formula is C24H35N5O4. The lowest BCUT2D eigenvalue weighted by atomic mass is 10.0. The Balaban J connectivity index is 1.45. The van der Waals surface area contributed by atoms with Gasteiger partial charge in [-0.1, -0.05) is 19.9 Å². The average Bonchev–Trinajstić information content (AvgIpc) is 3.45. The summed E-state index contributed by atoms with van der Waals surface area (Å²) in [6.07, 6.45) is 1.59. The number of benzene rings is 1. The van der Waals surface area contributed by atoms with Gasteiger partial charge < -0.3 is 24.1 Å². The van der Waals surface area contributed by atoms with Gasteiger partial charge in [-0.25, -0.2) is 0 Å². The van der Waals surface area contributed by atoms with Crippen molar-refractivity contribution in [2.75, 3.05) is 40.5 Å². The quantitative estimate of drug-likeness (QED) is 0.650. The van der Waals surface area contributed by atoms with Crippen LogP contribution in [-0.2, 0) is 29.0 Å². The second-order valence-electron chi connectivity index (χ2n) is 9.13. The molecule has 2 unspecified atom stereocenters. The van der Waals surface area contributed by atoms with E-state index in [-0.39, 0.29) is 23.8 Å². The lowest BCUT2D eigenvalue weighted by Crippen LogP contribution is -2.38. The fourth-order valence-electron chi connectivity index (χ4n) is 4.56. The van der Waals surface area contributed by atoms with Gasteiger partial charge in [0.2, 0.25) is 5.91 Å². The van der Waals surface area contributed by atoms with E-state index in [9.17, 15) is 4.79 Å². The number of carbonyl (C=O) groups is 1. The van der Waals surface area contributed by atoms with E-state index in [4.69, 9.17) is 14.2 Å². The fraction of sp³-hybridized carbons (Fsp3) is 0.625. The first-order valence-corrected chi connectivity index (χ1v) is 11.7. The maximum absolute atomic E-state index is 12.8. The number of aromatic nitrogens is 3. The Hall–Kier alpha value is -2.65. The van der Waals surface area contributed by atoms with Crippen LogP contribution in [0.15, 0.2) is 18.2 Å². The molecule has 1 aromatic carbocycles. The fourth-order valence-corrected chi connectivity index (χ4v) is 4.56. The highest BCUT2D eigenvalue weighted by Crippen LogP contribution is 2.29. The minimum Gasteiger partial charge on any atom is -0.493 e. The molecule has 0 spiro atoms. The van der Waals surface area contributed by atoms with Crippen LogP contribution in [0.5, 0.6) is 11.5 Å². The van der Waals surface area contributed by atoms with Crippen molar-refractivity contribution in [3.8, 4) is 11.5 Å². The summed E-state index contributed by atoms with van der Waals surface area (Å²) in [6.45, 7) is 8.75. The smallest absolute Gasteiger partial charge is 0.226 e. The van der Waals surface area contributed by atoms with Crippen molar-refractivity contribution in [2.45, 2.75) is 45.8 Å². The molecule has 1 N–H and O–H groups in total. The molecule has 1 fully saturated rings. The largest absolute Gasteiger partial charge is 0.493 e. The molecule has 0 radical (unpaired) electrons. The van der Waals surface area contributed by atoms with Crippen LogP contribution < -0.4 is 14.8 Å². The van der Waals surface area contributed by atoms with E-state index in [1.807, 2.05) is 12.1 Å². The van der Waals surface area contributed by atoms with Gasteiger partial charge in [-0.15, -0.1) is 10.2 Å². The number of rotatable bonds is 8. The first kappa shape index (κ1) is 23.5. The standard InChI is InChI=1S/C24H35N5O4/c1-16(2)22(25-24(30)18-8-12-33-15-18)23-27-26-21-7-9-28(10-11-29(21)23)14-17-5-6-19(31-3)20(13-17)32-4/h5-6,13,16,18,22H,7-12,14-15H2,1-4H3,(H,25,30). The van der Waals surface area contributed by atoms with Crippen LogP contribution in [0.25, 0.3) is 0 Å². The zero-order valence-electron chi connectivity index (χ0n) is 20.0. The van der Waals surface area contributed by atoms with E-state index < -0.39 is 0 Å². The molecule has 0 aliphatic carbocycles. The van der Waals surface area contributed by atoms with E-state index in [0.29, 0.717) is 13.2 Å². The highest BCUT2D eigenvalue weighted by Gasteiger charge is 2.31. The van der Waals surface area contributed by atoms with Gasteiger partial charge in [0.15, 0.2) is 17.3 Å². The molecule has 33 heavy (non-hydrogen) atoms. The normalized spacial score (nSPS) is 19.7. The monoisotopic (exact) mass is 457 g/mol. The van der Waals surface area contributed by atoms with Crippen molar-refractivity contribution in [1.29, 1.82) is 0 Å². The number of methoxy groups -OCH3 is 2. The highest BCUT2D eigenvalue weighted by molar-refractivity contribution is 5.79. The first-order valence-electron chi connectivity index (χ1n) is 11.7. The van der Waals surface area contributed by atoms with E-state index in [2.05, 4.69) is 44.9 Å². The number of nitrogens with one attached hydrogen (secondary N) is 1. The lowest BCUT2D eigenvalue weighted by Gasteiger charge is -2.24. The summed E-state index contributed by atoms with van der Waals surface area (Å²) in [5.41, 5.74) is 1.18. The van der Waals surface area contributed by atoms with Crippen LogP contribution in [0.1, 0.15) is 43.5 Å². The molecule has 9 nitrogen and oxygen atoms in total. The van der Waals surface area contributed by atoms with Gasteiger partial charge in [0.25, 0.3) is 0 Å². The molecule has 0 bridgehead atoms. The minimum absolute atomic E-state index is 0.0484. The summed E-state index contributed by atoms with van der Waals surface area (Å²) in [5.74, 6) is 3.48. The Morgan fingerprint density at radius 2 is 2.00 bits per heavy atom. The molecule has 0 saturated carbocycles. The molecule has 1 aromatic heterocycles. The summed E-state index contributed by atoms with van der Waals surface area (Å²) >= 11 is 0. The predicted molar refractivity (Wildman–Crippen MR) is 123 cm³/mol. The van der Waals surface area contributed by atoms with Crippen LogP contribution >= 0.6 is 0 Å². The van der Waals surface area contributed by atoms with Gasteiger partial charge in [0.05, 0.1) is 32.8 Å². The van der Waals surface area contributed by atoms with Crippen molar-refractivity contribution in [2.24, 2.45) is 11.8 Å². The van der Waals surface area contributed by atoms with E-state index in [1.165, 1.54) is 5.56 Å². The van der Waals surface area contributed by atoms with Crippen LogP contribution in [0.2, 0.25) is 0 Å². The highest BCUT2D eigenvalue weighted by atomic mass is 16.5. The van der Waals surface area contributed by atoms with Gasteiger partial charge in [-0.3, -0.25) is 9.69 Å². The zero-order valence-corrected chi connectivity index (χ0v) is 20.0. The predicted octanol–water partition coefficient (Wildman–Crippen LogP) is 2.20. The van der Waals surface area contributed by atoms with Crippen molar-refractivity contribution >= 4 is 5.91 Å². The number of ether oxygens (including phenoxy) is 3. The van der Waals surface area contributed by atoms with Gasteiger partial charge in [-0.05, 0) is 30.0 Å². The number of hydrogen-bond donors (Lipinski definition) is 1. The molecular weight excluding hydrogens is 422 g/mol. The Morgan fingerprint density at radius 3 is 2.70 bits per heavy atom. The third kappa shape index (κ3) is 5.30. The summed E-state index contributed by atoms with van der Waals surface area (Å²) in [7, 11) is 3.30. The molecule has 3 heterocycles. The Morgan fingerprint density at radius 1 is 1.18 bits per heavy atom. The van der Waals surface area contributed by atoms with E-state index >= 15 is 0 Å². The van der Waals surface area contributed by atoms with Crippen molar-refractivity contribution in [3.05, 3.63) is 35.4 Å². The number of fused-ring (bicyclic) bond motifs is 1. The molecule has 180 valence electrons. The van der Waals surface area contributed by atoms with E-state index in [0.717, 1.165) is 62.2 Å². The summed E-state index contributed by atoms with van der Waals surface area (Å²) in [5, 5.41) is 12.2. The number of carbonyl (C=O) groups excluding carboxylic acids is 1. The van der Waals surface area contributed by atoms with Crippen molar-refractivity contribution in [1.82, 2.24) is 25.0 Å². The van der Waals surface area contributed by atoms with Gasteiger partial charge in [0.1, 0.15) is 5.82 Å². The molecule has 2 atom stereocenters. The van der Waals surface area contributed by atoms with Gasteiger partial charge in [0, 0.05) is 39.2 Å². The molecule has 2 aromatic rings. The number of hydrogen-bond acceptors (Lipinski definition) is 7. The summed E-state index contributed by atoms with van der Waals surface area (Å²) in [6, 6.07) is 5.89. The molecule has 2 aliphatic heterocycles.